The van der Waals surface area contributed by atoms with E-state index in [0.29, 0.717) is 17.2 Å². The van der Waals surface area contributed by atoms with Crippen LogP contribution in [0.4, 0.5) is 10.2 Å². The number of methoxy groups -OCH3 is 1. The highest BCUT2D eigenvalue weighted by atomic mass is 19.1. The molecule has 9 heteroatoms. The average Bonchev–Trinajstić information content (AvgIpc) is 3.23. The maximum absolute atomic E-state index is 13.6. The Morgan fingerprint density at radius 1 is 1.24 bits per heavy atom. The molecule has 0 saturated carbocycles. The molecule has 0 fully saturated rings. The Morgan fingerprint density at radius 2 is 2.00 bits per heavy atom. The second-order valence-corrected chi connectivity index (χ2v) is 7.66. The molecular formula is C24H24FN5O3. The number of carbonyl (C=O) groups excluding carboxylic acids is 1. The molecule has 4 aromatic rings. The van der Waals surface area contributed by atoms with Crippen molar-refractivity contribution >= 4 is 22.8 Å². The van der Waals surface area contributed by atoms with Crippen LogP contribution in [-0.4, -0.2) is 39.3 Å². The molecule has 1 unspecified atom stereocenters. The number of fused-ring (bicyclic) bond motifs is 1. The van der Waals surface area contributed by atoms with Gasteiger partial charge in [0.05, 0.1) is 30.7 Å². The van der Waals surface area contributed by atoms with E-state index in [0.717, 1.165) is 28.1 Å². The summed E-state index contributed by atoms with van der Waals surface area (Å²) >= 11 is 0. The highest BCUT2D eigenvalue weighted by Gasteiger charge is 2.18. The molecule has 8 nitrogen and oxygen atoms in total. The van der Waals surface area contributed by atoms with Gasteiger partial charge in [-0.1, -0.05) is 24.3 Å². The summed E-state index contributed by atoms with van der Waals surface area (Å²) < 4.78 is 20.6. The molecule has 1 atom stereocenters. The van der Waals surface area contributed by atoms with Gasteiger partial charge >= 0.3 is 0 Å². The number of halogens is 1. The number of nitrogens with one attached hydrogen (secondary N) is 1. The fourth-order valence-corrected chi connectivity index (χ4v) is 3.69. The zero-order valence-electron chi connectivity index (χ0n) is 18.2. The van der Waals surface area contributed by atoms with Crippen molar-refractivity contribution < 1.29 is 19.0 Å². The summed E-state index contributed by atoms with van der Waals surface area (Å²) in [5, 5.41) is 13.1. The van der Waals surface area contributed by atoms with Crippen LogP contribution in [0.5, 0.6) is 5.75 Å². The van der Waals surface area contributed by atoms with Gasteiger partial charge < -0.3 is 25.5 Å². The molecule has 0 aliphatic rings. The molecule has 0 radical (unpaired) electrons. The third kappa shape index (κ3) is 4.35. The number of anilines is 1. The van der Waals surface area contributed by atoms with Crippen molar-refractivity contribution in [1.82, 2.24) is 19.9 Å². The monoisotopic (exact) mass is 449 g/mol. The van der Waals surface area contributed by atoms with E-state index in [-0.39, 0.29) is 24.8 Å². The summed E-state index contributed by atoms with van der Waals surface area (Å²) in [6.45, 7) is 2.11. The predicted molar refractivity (Wildman–Crippen MR) is 123 cm³/mol. The number of nitrogens with two attached hydrogens (primary N) is 1. The Balaban J connectivity index is 1.57. The first-order chi connectivity index (χ1) is 15.9. The summed E-state index contributed by atoms with van der Waals surface area (Å²) in [5.74, 6) is -0.276. The van der Waals surface area contributed by atoms with Crippen LogP contribution in [0.25, 0.3) is 22.2 Å². The predicted octanol–water partition coefficient (Wildman–Crippen LogP) is 3.31. The van der Waals surface area contributed by atoms with Gasteiger partial charge in [-0.15, -0.1) is 0 Å². The zero-order valence-corrected chi connectivity index (χ0v) is 18.2. The molecule has 0 spiro atoms. The van der Waals surface area contributed by atoms with Gasteiger partial charge in [0.15, 0.2) is 0 Å². The Morgan fingerprint density at radius 3 is 2.70 bits per heavy atom. The van der Waals surface area contributed by atoms with Gasteiger partial charge in [0.1, 0.15) is 29.4 Å². The van der Waals surface area contributed by atoms with Crippen LogP contribution >= 0.6 is 0 Å². The first-order valence-electron chi connectivity index (χ1n) is 10.4. The number of benzene rings is 2. The molecule has 0 aliphatic heterocycles. The second-order valence-electron chi connectivity index (χ2n) is 7.66. The van der Waals surface area contributed by atoms with Gasteiger partial charge in [0, 0.05) is 18.3 Å². The summed E-state index contributed by atoms with van der Waals surface area (Å²) in [7, 11) is 1.43. The normalized spacial score (nSPS) is 12.0. The number of nitrogens with zero attached hydrogens (tertiary/aromatic N) is 3. The Bertz CT molecular complexity index is 1300. The molecule has 1 amide bonds. The molecule has 2 heterocycles. The largest absolute Gasteiger partial charge is 0.496 e. The van der Waals surface area contributed by atoms with Gasteiger partial charge in [-0.05, 0) is 36.2 Å². The SMILES string of the molecule is COc1ccc(F)cc1C(=O)NCc1ccc(-c2cn(C(C)CO)c3ncnc(N)c23)cc1. The van der Waals surface area contributed by atoms with Crippen LogP contribution in [0.1, 0.15) is 28.9 Å². The van der Waals surface area contributed by atoms with Crippen LogP contribution in [0, 0.1) is 5.82 Å². The van der Waals surface area contributed by atoms with E-state index in [4.69, 9.17) is 10.5 Å². The molecule has 4 rings (SSSR count). The first kappa shape index (κ1) is 22.2. The number of amides is 1. The molecule has 0 aliphatic carbocycles. The smallest absolute Gasteiger partial charge is 0.255 e. The van der Waals surface area contributed by atoms with Crippen molar-refractivity contribution in [3.05, 3.63) is 71.9 Å². The highest BCUT2D eigenvalue weighted by molar-refractivity contribution is 6.00. The van der Waals surface area contributed by atoms with Crippen LogP contribution in [0.3, 0.4) is 0 Å². The van der Waals surface area contributed by atoms with Crippen molar-refractivity contribution in [2.75, 3.05) is 19.5 Å². The zero-order chi connectivity index (χ0) is 23.5. The number of aliphatic hydroxyl groups excluding tert-OH is 1. The highest BCUT2D eigenvalue weighted by Crippen LogP contribution is 2.34. The van der Waals surface area contributed by atoms with Crippen molar-refractivity contribution in [1.29, 1.82) is 0 Å². The number of hydrogen-bond acceptors (Lipinski definition) is 6. The second kappa shape index (κ2) is 9.25. The number of aromatic nitrogens is 3. The van der Waals surface area contributed by atoms with Crippen molar-refractivity contribution in [2.45, 2.75) is 19.5 Å². The number of rotatable bonds is 7. The van der Waals surface area contributed by atoms with E-state index < -0.39 is 11.7 Å². The number of ether oxygens (including phenoxy) is 1. The third-order valence-electron chi connectivity index (χ3n) is 5.50. The fourth-order valence-electron chi connectivity index (χ4n) is 3.69. The fraction of sp³-hybridized carbons (Fsp3) is 0.208. The van der Waals surface area contributed by atoms with Gasteiger partial charge in [-0.25, -0.2) is 14.4 Å². The van der Waals surface area contributed by atoms with E-state index in [1.807, 2.05) is 42.0 Å². The van der Waals surface area contributed by atoms with Crippen LogP contribution in [0.15, 0.2) is 55.0 Å². The van der Waals surface area contributed by atoms with E-state index in [2.05, 4.69) is 15.3 Å². The average molecular weight is 449 g/mol. The van der Waals surface area contributed by atoms with Gasteiger partial charge in [0.2, 0.25) is 0 Å². The minimum absolute atomic E-state index is 0.0398. The number of hydrogen-bond donors (Lipinski definition) is 3. The van der Waals surface area contributed by atoms with Crippen molar-refractivity contribution in [3.8, 4) is 16.9 Å². The number of carbonyl (C=O) groups is 1. The van der Waals surface area contributed by atoms with E-state index in [1.165, 1.54) is 25.6 Å². The molecule has 33 heavy (non-hydrogen) atoms. The topological polar surface area (TPSA) is 115 Å². The minimum atomic E-state index is -0.511. The van der Waals surface area contributed by atoms with Crippen molar-refractivity contribution in [3.63, 3.8) is 0 Å². The molecule has 2 aromatic heterocycles. The lowest BCUT2D eigenvalue weighted by Gasteiger charge is -2.10. The summed E-state index contributed by atoms with van der Waals surface area (Å²) in [5.41, 5.74) is 9.53. The molecule has 170 valence electrons. The molecule has 2 aromatic carbocycles. The molecule has 0 bridgehead atoms. The van der Waals surface area contributed by atoms with Crippen LogP contribution < -0.4 is 15.8 Å². The minimum Gasteiger partial charge on any atom is -0.496 e. The number of aliphatic hydroxyl groups is 1. The van der Waals surface area contributed by atoms with Gasteiger partial charge in [0.25, 0.3) is 5.91 Å². The maximum atomic E-state index is 13.6. The third-order valence-corrected chi connectivity index (χ3v) is 5.50. The van der Waals surface area contributed by atoms with E-state index in [1.54, 1.807) is 0 Å². The van der Waals surface area contributed by atoms with Crippen LogP contribution in [-0.2, 0) is 6.54 Å². The van der Waals surface area contributed by atoms with Gasteiger partial charge in [-0.2, -0.15) is 0 Å². The van der Waals surface area contributed by atoms with Crippen LogP contribution in [0.2, 0.25) is 0 Å². The summed E-state index contributed by atoms with van der Waals surface area (Å²) in [4.78, 5) is 21.0. The lowest BCUT2D eigenvalue weighted by Crippen LogP contribution is -2.23. The maximum Gasteiger partial charge on any atom is 0.255 e. The quantitative estimate of drug-likeness (QED) is 0.399. The summed E-state index contributed by atoms with van der Waals surface area (Å²) in [6.07, 6.45) is 3.31. The molecule has 0 saturated heterocycles. The standard InChI is InChI=1S/C24H24FN5O3/c1-14(12-31)30-11-19(21-22(26)28-13-29-23(21)30)16-5-3-15(4-6-16)10-27-24(32)18-9-17(25)7-8-20(18)33-2/h3-9,11,13-14,31H,10,12H2,1-2H3,(H,27,32)(H2,26,28,29). The molecular weight excluding hydrogens is 425 g/mol. The lowest BCUT2D eigenvalue weighted by atomic mass is 10.0. The Kier molecular flexibility index (Phi) is 6.23. The first-order valence-corrected chi connectivity index (χ1v) is 10.4. The number of nitrogen functional groups attached to an aromatic ring is 1. The lowest BCUT2D eigenvalue weighted by molar-refractivity contribution is 0.0947. The van der Waals surface area contributed by atoms with Crippen molar-refractivity contribution in [2.24, 2.45) is 0 Å². The Hall–Kier alpha value is -3.98. The Labute approximate surface area is 189 Å². The van der Waals surface area contributed by atoms with E-state index in [9.17, 15) is 14.3 Å². The van der Waals surface area contributed by atoms with E-state index >= 15 is 0 Å². The molecule has 4 N–H and O–H groups in total. The summed E-state index contributed by atoms with van der Waals surface area (Å²) in [6, 6.07) is 11.2. The van der Waals surface area contributed by atoms with Gasteiger partial charge in [-0.3, -0.25) is 4.79 Å².